The molecule has 0 aliphatic heterocycles. The van der Waals surface area contributed by atoms with Crippen LogP contribution in [0.1, 0.15) is 142 Å². The van der Waals surface area contributed by atoms with E-state index in [1.165, 1.54) is 44.9 Å². The van der Waals surface area contributed by atoms with Gasteiger partial charge in [0.05, 0.1) is 52.3 Å². The average molecular weight is 860 g/mol. The molecule has 0 fully saturated rings. The number of unbranched alkanes of at least 4 members (excludes halogenated alkanes) is 14. The SMILES string of the molecule is CNC(CCCCNC(=O)COCCOCCNCCOCCOCCNC(=O)CCC(NC(=O)CCCCCCCCCCCCCCCCC(=O)O)C(=O)O)C(C)=O. The molecule has 0 radical (unpaired) electrons. The number of Topliss-reactive ketones (excluding diaryl/α,β-unsaturated/α-hetero) is 1. The number of carbonyl (C=O) groups is 6. The molecule has 2 unspecified atom stereocenters. The second-order valence-corrected chi connectivity index (χ2v) is 15.1. The fourth-order valence-corrected chi connectivity index (χ4v) is 6.26. The summed E-state index contributed by atoms with van der Waals surface area (Å²) in [5.41, 5.74) is 0. The molecule has 0 aromatic rings. The number of aliphatic carboxylic acids is 2. The molecule has 0 aromatic heterocycles. The number of ketones is 1. The van der Waals surface area contributed by atoms with Gasteiger partial charge in [0.1, 0.15) is 18.4 Å². The van der Waals surface area contributed by atoms with Crippen molar-refractivity contribution in [2.45, 2.75) is 154 Å². The molecule has 2 atom stereocenters. The first kappa shape index (κ1) is 56.8. The van der Waals surface area contributed by atoms with Crippen molar-refractivity contribution in [2.75, 3.05) is 86.1 Å². The molecule has 17 nitrogen and oxygen atoms in total. The maximum atomic E-state index is 12.3. The van der Waals surface area contributed by atoms with Crippen LogP contribution in [0.15, 0.2) is 0 Å². The normalized spacial score (nSPS) is 12.2. The zero-order valence-electron chi connectivity index (χ0n) is 37.0. The van der Waals surface area contributed by atoms with Crippen molar-refractivity contribution in [3.63, 3.8) is 0 Å². The molecule has 0 bridgehead atoms. The van der Waals surface area contributed by atoms with Gasteiger partial charge in [0.25, 0.3) is 0 Å². The van der Waals surface area contributed by atoms with E-state index in [9.17, 15) is 33.9 Å². The number of rotatable bonds is 46. The summed E-state index contributed by atoms with van der Waals surface area (Å²) in [7, 11) is 1.77. The van der Waals surface area contributed by atoms with E-state index in [1.807, 2.05) is 0 Å². The minimum atomic E-state index is -1.16. The number of carbonyl (C=O) groups excluding carboxylic acids is 4. The molecule has 0 spiro atoms. The lowest BCUT2D eigenvalue weighted by Crippen LogP contribution is -2.41. The zero-order chi connectivity index (χ0) is 44.3. The number of amides is 3. The van der Waals surface area contributed by atoms with Crippen molar-refractivity contribution in [3.8, 4) is 0 Å². The van der Waals surface area contributed by atoms with Crippen LogP contribution in [0.25, 0.3) is 0 Å². The molecular weight excluding hydrogens is 778 g/mol. The number of hydrogen-bond donors (Lipinski definition) is 7. The smallest absolute Gasteiger partial charge is 0.326 e. The van der Waals surface area contributed by atoms with Gasteiger partial charge in [-0.15, -0.1) is 0 Å². The molecule has 0 aliphatic carbocycles. The van der Waals surface area contributed by atoms with Crippen LogP contribution in [-0.4, -0.2) is 144 Å². The van der Waals surface area contributed by atoms with Gasteiger partial charge in [-0.2, -0.15) is 0 Å². The predicted molar refractivity (Wildman–Crippen MR) is 230 cm³/mol. The molecule has 60 heavy (non-hydrogen) atoms. The van der Waals surface area contributed by atoms with Crippen LogP contribution in [0.4, 0.5) is 0 Å². The maximum Gasteiger partial charge on any atom is 0.326 e. The van der Waals surface area contributed by atoms with Crippen LogP contribution in [0.5, 0.6) is 0 Å². The molecule has 3 amide bonds. The highest BCUT2D eigenvalue weighted by Gasteiger charge is 2.21. The van der Waals surface area contributed by atoms with Gasteiger partial charge in [0.15, 0.2) is 0 Å². The van der Waals surface area contributed by atoms with Crippen LogP contribution in [-0.2, 0) is 47.7 Å². The summed E-state index contributed by atoms with van der Waals surface area (Å²) in [5, 5.41) is 32.4. The topological polar surface area (TPSA) is 240 Å². The molecule has 7 N–H and O–H groups in total. The van der Waals surface area contributed by atoms with Gasteiger partial charge in [0, 0.05) is 45.4 Å². The molecule has 0 saturated heterocycles. The highest BCUT2D eigenvalue weighted by molar-refractivity contribution is 5.84. The number of nitrogens with one attached hydrogen (secondary N) is 5. The minimum Gasteiger partial charge on any atom is -0.481 e. The Labute approximate surface area is 359 Å². The molecular formula is C43H81N5O12. The summed E-state index contributed by atoms with van der Waals surface area (Å²) >= 11 is 0. The van der Waals surface area contributed by atoms with Gasteiger partial charge in [-0.3, -0.25) is 24.0 Å². The quantitative estimate of drug-likeness (QED) is 0.0430. The molecule has 0 heterocycles. The molecule has 0 saturated carbocycles. The third-order valence-corrected chi connectivity index (χ3v) is 9.81. The van der Waals surface area contributed by atoms with E-state index in [0.29, 0.717) is 72.3 Å². The highest BCUT2D eigenvalue weighted by atomic mass is 16.5. The molecule has 17 heteroatoms. The minimum absolute atomic E-state index is 0.00793. The van der Waals surface area contributed by atoms with Gasteiger partial charge < -0.3 is 55.7 Å². The highest BCUT2D eigenvalue weighted by Crippen LogP contribution is 2.14. The number of carboxylic acid groups (broad SMARTS) is 2. The molecule has 0 rings (SSSR count). The Morgan fingerprint density at radius 3 is 1.45 bits per heavy atom. The van der Waals surface area contributed by atoms with Gasteiger partial charge in [0.2, 0.25) is 17.7 Å². The number of ether oxygens (including phenoxy) is 4. The Bertz CT molecular complexity index is 1120. The van der Waals surface area contributed by atoms with E-state index in [1.54, 1.807) is 14.0 Å². The third kappa shape index (κ3) is 40.2. The van der Waals surface area contributed by atoms with E-state index in [2.05, 4.69) is 26.6 Å². The summed E-state index contributed by atoms with van der Waals surface area (Å²) in [5.74, 6) is -2.54. The summed E-state index contributed by atoms with van der Waals surface area (Å²) in [4.78, 5) is 69.9. The van der Waals surface area contributed by atoms with Crippen LogP contribution in [0, 0.1) is 0 Å². The zero-order valence-corrected chi connectivity index (χ0v) is 37.0. The number of likely N-dealkylation sites (N-methyl/N-ethyl adjacent to an activating group) is 1. The van der Waals surface area contributed by atoms with E-state index in [4.69, 9.17) is 24.1 Å². The molecule has 0 aromatic carbocycles. The van der Waals surface area contributed by atoms with Crippen molar-refractivity contribution >= 4 is 35.4 Å². The van der Waals surface area contributed by atoms with E-state index >= 15 is 0 Å². The Morgan fingerprint density at radius 2 is 0.950 bits per heavy atom. The first-order chi connectivity index (χ1) is 29.1. The summed E-state index contributed by atoms with van der Waals surface area (Å²) in [6.07, 6.45) is 18.1. The second kappa shape index (κ2) is 42.5. The van der Waals surface area contributed by atoms with E-state index < -0.39 is 18.0 Å². The average Bonchev–Trinajstić information content (AvgIpc) is 3.21. The lowest BCUT2D eigenvalue weighted by atomic mass is 10.0. The van der Waals surface area contributed by atoms with E-state index in [0.717, 1.165) is 57.8 Å². The molecule has 350 valence electrons. The van der Waals surface area contributed by atoms with Crippen LogP contribution in [0.2, 0.25) is 0 Å². The van der Waals surface area contributed by atoms with Gasteiger partial charge in [-0.05, 0) is 52.5 Å². The van der Waals surface area contributed by atoms with E-state index in [-0.39, 0.29) is 68.4 Å². The van der Waals surface area contributed by atoms with Crippen LogP contribution in [0.3, 0.4) is 0 Å². The van der Waals surface area contributed by atoms with Gasteiger partial charge in [-0.1, -0.05) is 77.0 Å². The van der Waals surface area contributed by atoms with Gasteiger partial charge >= 0.3 is 11.9 Å². The number of hydrogen-bond acceptors (Lipinski definition) is 12. The second-order valence-electron chi connectivity index (χ2n) is 15.1. The lowest BCUT2D eigenvalue weighted by Gasteiger charge is -2.14. The maximum absolute atomic E-state index is 12.3. The molecule has 0 aliphatic rings. The van der Waals surface area contributed by atoms with Gasteiger partial charge in [-0.25, -0.2) is 4.79 Å². The van der Waals surface area contributed by atoms with Crippen molar-refractivity contribution in [3.05, 3.63) is 0 Å². The predicted octanol–water partition coefficient (Wildman–Crippen LogP) is 3.90. The van der Waals surface area contributed by atoms with Crippen LogP contribution < -0.4 is 26.6 Å². The fraction of sp³-hybridized carbons (Fsp3) is 0.860. The Hall–Kier alpha value is -3.22. The van der Waals surface area contributed by atoms with Crippen molar-refractivity contribution in [1.82, 2.24) is 26.6 Å². The van der Waals surface area contributed by atoms with Crippen molar-refractivity contribution < 1.29 is 57.9 Å². The Morgan fingerprint density at radius 1 is 0.467 bits per heavy atom. The fourth-order valence-electron chi connectivity index (χ4n) is 6.26. The summed E-state index contributed by atoms with van der Waals surface area (Å²) in [6, 6.07) is -1.24. The Kier molecular flexibility index (Phi) is 40.2. The standard InChI is InChI=1S/C43H81N5O12/c1-36(49)37(44-2)19-17-18-24-46-41(52)35-60-34-33-58-29-26-45-25-28-57-31-32-59-30-27-47-39(50)23-22-38(43(55)56)48-40(51)20-15-13-11-9-7-5-3-4-6-8-10-12-14-16-21-42(53)54/h37-38,44-45H,3-35H2,1-2H3,(H,46,52)(H,47,50)(H,48,51)(H,53,54)(H,55,56). The Balaban J connectivity index is 3.57. The third-order valence-electron chi connectivity index (χ3n) is 9.81. The van der Waals surface area contributed by atoms with Crippen LogP contribution >= 0.6 is 0 Å². The monoisotopic (exact) mass is 860 g/mol. The first-order valence-corrected chi connectivity index (χ1v) is 22.5. The first-order valence-electron chi connectivity index (χ1n) is 22.5. The summed E-state index contributed by atoms with van der Waals surface area (Å²) < 4.78 is 21.8. The van der Waals surface area contributed by atoms with Crippen molar-refractivity contribution in [1.29, 1.82) is 0 Å². The van der Waals surface area contributed by atoms with Crippen molar-refractivity contribution in [2.24, 2.45) is 0 Å². The lowest BCUT2D eigenvalue weighted by molar-refractivity contribution is -0.142. The summed E-state index contributed by atoms with van der Waals surface area (Å²) in [6.45, 7) is 6.41. The number of carboxylic acids is 2. The largest absolute Gasteiger partial charge is 0.481 e.